The third kappa shape index (κ3) is 4.61. The summed E-state index contributed by atoms with van der Waals surface area (Å²) in [6.45, 7) is 3.94. The van der Waals surface area contributed by atoms with E-state index in [0.29, 0.717) is 10.7 Å². The molecule has 122 valence electrons. The quantitative estimate of drug-likeness (QED) is 0.614. The molecular formula is C19H18ClN3O. The summed E-state index contributed by atoms with van der Waals surface area (Å²) < 4.78 is 0. The van der Waals surface area contributed by atoms with Gasteiger partial charge >= 0.3 is 0 Å². The van der Waals surface area contributed by atoms with Crippen LogP contribution in [0.15, 0.2) is 54.2 Å². The van der Waals surface area contributed by atoms with E-state index in [2.05, 4.69) is 17.6 Å². The van der Waals surface area contributed by atoms with Crippen LogP contribution in [0.1, 0.15) is 18.1 Å². The van der Waals surface area contributed by atoms with E-state index >= 15 is 0 Å². The lowest BCUT2D eigenvalue weighted by molar-refractivity contribution is -0.112. The minimum atomic E-state index is -0.486. The molecule has 2 aromatic carbocycles. The smallest absolute Gasteiger partial charge is 0.267 e. The molecule has 2 aromatic rings. The summed E-state index contributed by atoms with van der Waals surface area (Å²) in [7, 11) is 0. The van der Waals surface area contributed by atoms with Gasteiger partial charge in [-0.15, -0.1) is 0 Å². The topological polar surface area (TPSA) is 64.9 Å². The van der Waals surface area contributed by atoms with Crippen LogP contribution in [0.2, 0.25) is 5.02 Å². The number of aryl methyl sites for hydroxylation is 2. The van der Waals surface area contributed by atoms with E-state index < -0.39 is 5.91 Å². The highest BCUT2D eigenvalue weighted by Gasteiger charge is 2.11. The summed E-state index contributed by atoms with van der Waals surface area (Å²) in [4.78, 5) is 12.2. The minimum Gasteiger partial charge on any atom is -0.360 e. The third-order valence-corrected chi connectivity index (χ3v) is 3.79. The second-order valence-corrected chi connectivity index (χ2v) is 5.71. The van der Waals surface area contributed by atoms with Crippen LogP contribution in [0, 0.1) is 18.3 Å². The summed E-state index contributed by atoms with van der Waals surface area (Å²) >= 11 is 5.94. The van der Waals surface area contributed by atoms with Gasteiger partial charge in [-0.2, -0.15) is 5.26 Å². The maximum Gasteiger partial charge on any atom is 0.267 e. The van der Waals surface area contributed by atoms with Crippen molar-refractivity contribution in [3.63, 3.8) is 0 Å². The average Bonchev–Trinajstić information content (AvgIpc) is 2.59. The highest BCUT2D eigenvalue weighted by Crippen LogP contribution is 2.20. The van der Waals surface area contributed by atoms with Crippen LogP contribution in [0.25, 0.3) is 0 Å². The van der Waals surface area contributed by atoms with Crippen molar-refractivity contribution >= 4 is 28.9 Å². The molecule has 2 N–H and O–H groups in total. The zero-order valence-electron chi connectivity index (χ0n) is 13.6. The number of nitrogens with one attached hydrogen (secondary N) is 2. The van der Waals surface area contributed by atoms with E-state index in [0.717, 1.165) is 17.7 Å². The number of amides is 1. The van der Waals surface area contributed by atoms with Crippen LogP contribution >= 0.6 is 11.6 Å². The Labute approximate surface area is 146 Å². The first kappa shape index (κ1) is 17.6. The Hall–Kier alpha value is -2.77. The first-order valence-corrected chi connectivity index (χ1v) is 7.94. The van der Waals surface area contributed by atoms with Crippen molar-refractivity contribution in [2.45, 2.75) is 20.3 Å². The van der Waals surface area contributed by atoms with Gasteiger partial charge in [-0.25, -0.2) is 0 Å². The largest absolute Gasteiger partial charge is 0.360 e. The van der Waals surface area contributed by atoms with Gasteiger partial charge in [0, 0.05) is 22.6 Å². The molecule has 0 spiro atoms. The molecule has 0 saturated heterocycles. The number of carbonyl (C=O) groups excluding carboxylic acids is 1. The molecule has 1 amide bonds. The summed E-state index contributed by atoms with van der Waals surface area (Å²) in [5.74, 6) is -0.486. The number of rotatable bonds is 5. The molecule has 0 bridgehead atoms. The number of nitrogens with zero attached hydrogens (tertiary/aromatic N) is 1. The number of nitriles is 1. The van der Waals surface area contributed by atoms with Gasteiger partial charge in [0.2, 0.25) is 0 Å². The molecule has 0 unspecified atom stereocenters. The summed E-state index contributed by atoms with van der Waals surface area (Å²) in [6, 6.07) is 14.9. The summed E-state index contributed by atoms with van der Waals surface area (Å²) in [5.41, 5.74) is 3.47. The number of anilines is 2. The molecule has 0 fully saturated rings. The highest BCUT2D eigenvalue weighted by molar-refractivity contribution is 6.31. The van der Waals surface area contributed by atoms with Gasteiger partial charge in [-0.1, -0.05) is 36.7 Å². The number of hydrogen-bond donors (Lipinski definition) is 2. The predicted molar refractivity (Wildman–Crippen MR) is 98.0 cm³/mol. The van der Waals surface area contributed by atoms with Gasteiger partial charge in [-0.05, 0) is 48.7 Å². The van der Waals surface area contributed by atoms with Crippen molar-refractivity contribution in [3.8, 4) is 6.07 Å². The van der Waals surface area contributed by atoms with E-state index in [4.69, 9.17) is 11.6 Å². The Bertz CT molecular complexity index is 804. The van der Waals surface area contributed by atoms with Crippen molar-refractivity contribution in [1.29, 1.82) is 5.26 Å². The SMILES string of the molecule is CCc1ccc(N/C=C(/C#N)C(=O)Nc2cc(Cl)ccc2C)cc1. The molecule has 2 rings (SSSR count). The Morgan fingerprint density at radius 2 is 1.96 bits per heavy atom. The number of benzene rings is 2. The van der Waals surface area contributed by atoms with Crippen molar-refractivity contribution in [1.82, 2.24) is 0 Å². The maximum absolute atomic E-state index is 12.2. The first-order valence-electron chi connectivity index (χ1n) is 7.56. The molecule has 0 heterocycles. The predicted octanol–water partition coefficient (Wildman–Crippen LogP) is 4.67. The number of halogens is 1. The zero-order valence-corrected chi connectivity index (χ0v) is 14.3. The van der Waals surface area contributed by atoms with E-state index in [1.807, 2.05) is 37.3 Å². The second kappa shape index (κ2) is 8.19. The van der Waals surface area contributed by atoms with E-state index in [-0.39, 0.29) is 5.57 Å². The third-order valence-electron chi connectivity index (χ3n) is 3.56. The highest BCUT2D eigenvalue weighted by atomic mass is 35.5. The Kier molecular flexibility index (Phi) is 6.00. The summed E-state index contributed by atoms with van der Waals surface area (Å²) in [5, 5.41) is 15.4. The fourth-order valence-corrected chi connectivity index (χ4v) is 2.23. The Morgan fingerprint density at radius 1 is 1.25 bits per heavy atom. The molecule has 0 atom stereocenters. The van der Waals surface area contributed by atoms with Crippen molar-refractivity contribution in [2.24, 2.45) is 0 Å². The molecule has 0 aliphatic carbocycles. The van der Waals surface area contributed by atoms with E-state index in [1.54, 1.807) is 18.2 Å². The van der Waals surface area contributed by atoms with Crippen LogP contribution in [0.5, 0.6) is 0 Å². The number of carbonyl (C=O) groups is 1. The summed E-state index contributed by atoms with van der Waals surface area (Å²) in [6.07, 6.45) is 2.36. The van der Waals surface area contributed by atoms with Crippen LogP contribution in [-0.2, 0) is 11.2 Å². The molecule has 0 aliphatic rings. The normalized spacial score (nSPS) is 10.8. The molecule has 0 aromatic heterocycles. The van der Waals surface area contributed by atoms with Gasteiger partial charge < -0.3 is 10.6 Å². The van der Waals surface area contributed by atoms with Gasteiger partial charge in [0.05, 0.1) is 0 Å². The lowest BCUT2D eigenvalue weighted by Gasteiger charge is -2.08. The van der Waals surface area contributed by atoms with Gasteiger partial charge in [0.1, 0.15) is 11.6 Å². The average molecular weight is 340 g/mol. The van der Waals surface area contributed by atoms with Gasteiger partial charge in [-0.3, -0.25) is 4.79 Å². The molecular weight excluding hydrogens is 322 g/mol. The van der Waals surface area contributed by atoms with Crippen molar-refractivity contribution in [2.75, 3.05) is 10.6 Å². The minimum absolute atomic E-state index is 0.0195. The molecule has 0 radical (unpaired) electrons. The van der Waals surface area contributed by atoms with E-state index in [9.17, 15) is 10.1 Å². The molecule has 24 heavy (non-hydrogen) atoms. The van der Waals surface area contributed by atoms with Gasteiger partial charge in [0.25, 0.3) is 5.91 Å². The Morgan fingerprint density at radius 3 is 2.58 bits per heavy atom. The van der Waals surface area contributed by atoms with Crippen molar-refractivity contribution < 1.29 is 4.79 Å². The van der Waals surface area contributed by atoms with Crippen LogP contribution in [-0.4, -0.2) is 5.91 Å². The lowest BCUT2D eigenvalue weighted by Crippen LogP contribution is -2.15. The van der Waals surface area contributed by atoms with Gasteiger partial charge in [0.15, 0.2) is 0 Å². The van der Waals surface area contributed by atoms with Crippen LogP contribution < -0.4 is 10.6 Å². The Balaban J connectivity index is 2.10. The van der Waals surface area contributed by atoms with Crippen molar-refractivity contribution in [3.05, 3.63) is 70.4 Å². The molecule has 4 nitrogen and oxygen atoms in total. The maximum atomic E-state index is 12.2. The molecule has 5 heteroatoms. The lowest BCUT2D eigenvalue weighted by atomic mass is 10.1. The van der Waals surface area contributed by atoms with Crippen LogP contribution in [0.3, 0.4) is 0 Å². The monoisotopic (exact) mass is 339 g/mol. The van der Waals surface area contributed by atoms with E-state index in [1.165, 1.54) is 11.8 Å². The fraction of sp³-hybridized carbons (Fsp3) is 0.158. The second-order valence-electron chi connectivity index (χ2n) is 5.28. The molecule has 0 aliphatic heterocycles. The number of hydrogen-bond acceptors (Lipinski definition) is 3. The zero-order chi connectivity index (χ0) is 17.5. The molecule has 0 saturated carbocycles. The first-order chi connectivity index (χ1) is 11.5. The standard InChI is InChI=1S/C19H18ClN3O/c1-3-14-5-8-17(9-6-14)22-12-15(11-21)19(24)23-18-10-16(20)7-4-13(18)2/h4-10,12,22H,3H2,1-2H3,(H,23,24)/b15-12-. The fourth-order valence-electron chi connectivity index (χ4n) is 2.06. The van der Waals surface area contributed by atoms with Crippen LogP contribution in [0.4, 0.5) is 11.4 Å².